The monoisotopic (exact) mass is 274 g/mol. The molecule has 1 aromatic rings. The Kier molecular flexibility index (Phi) is 4.14. The highest BCUT2D eigenvalue weighted by molar-refractivity contribution is 6.10. The third-order valence-electron chi connectivity index (χ3n) is 3.55. The van der Waals surface area contributed by atoms with Gasteiger partial charge in [0.15, 0.2) is 5.78 Å². The van der Waals surface area contributed by atoms with Crippen molar-refractivity contribution in [2.45, 2.75) is 19.8 Å². The molecule has 0 radical (unpaired) electrons. The summed E-state index contributed by atoms with van der Waals surface area (Å²) >= 11 is 0. The van der Waals surface area contributed by atoms with Gasteiger partial charge in [0, 0.05) is 6.54 Å². The van der Waals surface area contributed by atoms with Gasteiger partial charge in [0.05, 0.1) is 17.7 Å². The van der Waals surface area contributed by atoms with Crippen molar-refractivity contribution in [3.05, 3.63) is 30.1 Å². The van der Waals surface area contributed by atoms with Crippen LogP contribution in [0.25, 0.3) is 0 Å². The van der Waals surface area contributed by atoms with Crippen LogP contribution in [-0.4, -0.2) is 18.2 Å². The molecule has 20 heavy (non-hydrogen) atoms. The number of piperidine rings is 1. The van der Waals surface area contributed by atoms with Crippen LogP contribution >= 0.6 is 0 Å². The molecule has 0 N–H and O–H groups in total. The normalized spacial score (nSPS) is 20.4. The highest BCUT2D eigenvalue weighted by atomic mass is 19.1. The highest BCUT2D eigenvalue weighted by Gasteiger charge is 2.37. The lowest BCUT2D eigenvalue weighted by molar-refractivity contribution is -0.135. The van der Waals surface area contributed by atoms with E-state index < -0.39 is 23.6 Å². The van der Waals surface area contributed by atoms with Crippen LogP contribution in [0.1, 0.15) is 19.8 Å². The number of ketones is 1. The molecule has 1 aromatic carbocycles. The molecule has 2 atom stereocenters. The summed E-state index contributed by atoms with van der Waals surface area (Å²) < 4.78 is 13.8. The second-order valence-corrected chi connectivity index (χ2v) is 4.89. The van der Waals surface area contributed by atoms with Crippen LogP contribution in [0.3, 0.4) is 0 Å². The lowest BCUT2D eigenvalue weighted by Crippen LogP contribution is -2.45. The van der Waals surface area contributed by atoms with Gasteiger partial charge in [-0.05, 0) is 31.9 Å². The van der Waals surface area contributed by atoms with Gasteiger partial charge >= 0.3 is 0 Å². The molecule has 1 heterocycles. The summed E-state index contributed by atoms with van der Waals surface area (Å²) in [7, 11) is 0. The molecular weight excluding hydrogens is 259 g/mol. The van der Waals surface area contributed by atoms with Crippen LogP contribution in [0.4, 0.5) is 10.1 Å². The SMILES string of the molecule is C[C@@H](C#N)C(=O)[C@@H]1CCCN(c2ccccc2F)C1=O. The average Bonchev–Trinajstić information content (AvgIpc) is 2.47. The summed E-state index contributed by atoms with van der Waals surface area (Å²) in [6.07, 6.45) is 1.04. The van der Waals surface area contributed by atoms with Crippen molar-refractivity contribution in [3.63, 3.8) is 0 Å². The van der Waals surface area contributed by atoms with E-state index in [-0.39, 0.29) is 11.5 Å². The van der Waals surface area contributed by atoms with Crippen LogP contribution < -0.4 is 4.90 Å². The third kappa shape index (κ3) is 2.55. The number of nitriles is 1. The molecule has 2 rings (SSSR count). The third-order valence-corrected chi connectivity index (χ3v) is 3.55. The predicted molar refractivity (Wildman–Crippen MR) is 71.3 cm³/mol. The molecule has 0 spiro atoms. The Morgan fingerprint density at radius 3 is 2.85 bits per heavy atom. The standard InChI is InChI=1S/C15H15FN2O2/c1-10(9-17)14(19)11-5-4-8-18(15(11)20)13-7-3-2-6-12(13)16/h2-3,6-7,10-11H,4-5,8H2,1H3/t10-,11-/m0/s1. The Labute approximate surface area is 116 Å². The summed E-state index contributed by atoms with van der Waals surface area (Å²) in [5.74, 6) is -2.92. The molecule has 1 fully saturated rings. The maximum Gasteiger partial charge on any atom is 0.237 e. The van der Waals surface area contributed by atoms with Crippen molar-refractivity contribution < 1.29 is 14.0 Å². The zero-order chi connectivity index (χ0) is 14.7. The number of nitrogens with zero attached hydrogens (tertiary/aromatic N) is 2. The average molecular weight is 274 g/mol. The molecule has 0 unspecified atom stereocenters. The summed E-state index contributed by atoms with van der Waals surface area (Å²) in [6.45, 7) is 1.88. The number of Topliss-reactive ketones (excluding diaryl/α,β-unsaturated/α-hetero) is 1. The van der Waals surface area contributed by atoms with Gasteiger partial charge in [-0.1, -0.05) is 12.1 Å². The van der Waals surface area contributed by atoms with E-state index >= 15 is 0 Å². The Hall–Kier alpha value is -2.22. The topological polar surface area (TPSA) is 61.2 Å². The zero-order valence-electron chi connectivity index (χ0n) is 11.2. The molecule has 0 bridgehead atoms. The Balaban J connectivity index is 2.26. The van der Waals surface area contributed by atoms with E-state index in [1.807, 2.05) is 6.07 Å². The minimum absolute atomic E-state index is 0.194. The maximum atomic E-state index is 13.8. The number of benzene rings is 1. The summed E-state index contributed by atoms with van der Waals surface area (Å²) in [4.78, 5) is 25.7. The van der Waals surface area contributed by atoms with Crippen LogP contribution in [0, 0.1) is 29.0 Å². The van der Waals surface area contributed by atoms with Crippen molar-refractivity contribution in [3.8, 4) is 6.07 Å². The lowest BCUT2D eigenvalue weighted by atomic mass is 9.87. The number of carbonyl (C=O) groups is 2. The van der Waals surface area contributed by atoms with E-state index in [4.69, 9.17) is 5.26 Å². The second kappa shape index (κ2) is 5.83. The van der Waals surface area contributed by atoms with Crippen LogP contribution in [0.5, 0.6) is 0 Å². The van der Waals surface area contributed by atoms with Gasteiger partial charge in [0.1, 0.15) is 11.7 Å². The number of halogens is 1. The minimum atomic E-state index is -0.835. The van der Waals surface area contributed by atoms with Gasteiger partial charge in [-0.15, -0.1) is 0 Å². The maximum absolute atomic E-state index is 13.8. The number of amides is 1. The van der Waals surface area contributed by atoms with E-state index in [0.29, 0.717) is 19.4 Å². The quantitative estimate of drug-likeness (QED) is 0.794. The van der Waals surface area contributed by atoms with E-state index in [0.717, 1.165) is 0 Å². The lowest BCUT2D eigenvalue weighted by Gasteiger charge is -2.32. The minimum Gasteiger partial charge on any atom is -0.309 e. The van der Waals surface area contributed by atoms with E-state index in [1.165, 1.54) is 24.0 Å². The van der Waals surface area contributed by atoms with Crippen molar-refractivity contribution in [1.29, 1.82) is 5.26 Å². The first-order valence-corrected chi connectivity index (χ1v) is 6.55. The number of anilines is 1. The predicted octanol–water partition coefficient (Wildman–Crippen LogP) is 2.30. The number of para-hydroxylation sites is 1. The van der Waals surface area contributed by atoms with Crippen LogP contribution in [0.15, 0.2) is 24.3 Å². The highest BCUT2D eigenvalue weighted by Crippen LogP contribution is 2.28. The van der Waals surface area contributed by atoms with E-state index in [9.17, 15) is 14.0 Å². The molecule has 0 aliphatic carbocycles. The molecule has 1 saturated heterocycles. The molecule has 104 valence electrons. The number of carbonyl (C=O) groups excluding carboxylic acids is 2. The molecule has 1 aliphatic rings. The van der Waals surface area contributed by atoms with Gasteiger partial charge in [-0.3, -0.25) is 9.59 Å². The smallest absolute Gasteiger partial charge is 0.237 e. The Morgan fingerprint density at radius 1 is 1.50 bits per heavy atom. The van der Waals surface area contributed by atoms with Gasteiger partial charge < -0.3 is 4.90 Å². The first-order valence-electron chi connectivity index (χ1n) is 6.55. The molecular formula is C15H15FN2O2. The fraction of sp³-hybridized carbons (Fsp3) is 0.400. The molecule has 1 amide bonds. The van der Waals surface area contributed by atoms with Crippen LogP contribution in [0.2, 0.25) is 0 Å². The largest absolute Gasteiger partial charge is 0.309 e. The van der Waals surface area contributed by atoms with Gasteiger partial charge in [0.25, 0.3) is 0 Å². The van der Waals surface area contributed by atoms with Gasteiger partial charge in [-0.25, -0.2) is 4.39 Å². The molecule has 4 nitrogen and oxygen atoms in total. The second-order valence-electron chi connectivity index (χ2n) is 4.89. The van der Waals surface area contributed by atoms with E-state index in [1.54, 1.807) is 12.1 Å². The van der Waals surface area contributed by atoms with E-state index in [2.05, 4.69) is 0 Å². The number of hydrogen-bond donors (Lipinski definition) is 0. The number of hydrogen-bond acceptors (Lipinski definition) is 3. The Morgan fingerprint density at radius 2 is 2.20 bits per heavy atom. The van der Waals surface area contributed by atoms with Crippen molar-refractivity contribution in [2.24, 2.45) is 11.8 Å². The van der Waals surface area contributed by atoms with Gasteiger partial charge in [0.2, 0.25) is 5.91 Å². The number of rotatable bonds is 3. The molecule has 0 aromatic heterocycles. The first kappa shape index (κ1) is 14.2. The summed E-state index contributed by atoms with van der Waals surface area (Å²) in [5, 5.41) is 8.79. The fourth-order valence-electron chi connectivity index (χ4n) is 2.41. The van der Waals surface area contributed by atoms with Crippen LogP contribution in [-0.2, 0) is 9.59 Å². The zero-order valence-corrected chi connectivity index (χ0v) is 11.2. The van der Waals surface area contributed by atoms with Crippen molar-refractivity contribution in [1.82, 2.24) is 0 Å². The molecule has 0 saturated carbocycles. The van der Waals surface area contributed by atoms with Crippen molar-refractivity contribution >= 4 is 17.4 Å². The van der Waals surface area contributed by atoms with Gasteiger partial charge in [-0.2, -0.15) is 5.26 Å². The summed E-state index contributed by atoms with van der Waals surface area (Å²) in [6, 6.07) is 7.86. The molecule has 1 aliphatic heterocycles. The summed E-state index contributed by atoms with van der Waals surface area (Å²) in [5.41, 5.74) is 0.194. The first-order chi connectivity index (χ1) is 9.56. The fourth-order valence-corrected chi connectivity index (χ4v) is 2.41. The van der Waals surface area contributed by atoms with Crippen molar-refractivity contribution in [2.75, 3.05) is 11.4 Å². The molecule has 5 heteroatoms. The Bertz CT molecular complexity index is 579.